The van der Waals surface area contributed by atoms with E-state index in [1.807, 2.05) is 54.2 Å². The number of ketones is 1. The molecule has 0 aliphatic carbocycles. The fourth-order valence-electron chi connectivity index (χ4n) is 3.13. The van der Waals surface area contributed by atoms with E-state index in [9.17, 15) is 4.79 Å². The topological polar surface area (TPSA) is 51.0 Å². The first-order valence-corrected chi connectivity index (χ1v) is 8.09. The van der Waals surface area contributed by atoms with Gasteiger partial charge in [0.1, 0.15) is 0 Å². The van der Waals surface area contributed by atoms with Gasteiger partial charge in [-0.1, -0.05) is 59.8 Å². The van der Waals surface area contributed by atoms with E-state index in [0.29, 0.717) is 11.3 Å². The minimum absolute atomic E-state index is 0.0791. The molecule has 1 aromatic heterocycles. The molecule has 0 bridgehead atoms. The summed E-state index contributed by atoms with van der Waals surface area (Å²) in [5.41, 5.74) is 3.30. The summed E-state index contributed by atoms with van der Waals surface area (Å²) in [4.78, 5) is 14.9. The average molecular weight is 318 g/mol. The molecule has 4 rings (SSSR count). The van der Waals surface area contributed by atoms with Crippen LogP contribution < -0.4 is 4.90 Å². The van der Waals surface area contributed by atoms with Crippen molar-refractivity contribution in [1.82, 2.24) is 15.0 Å². The number of aryl methyl sites for hydroxylation is 1. The van der Waals surface area contributed by atoms with Gasteiger partial charge in [-0.2, -0.15) is 0 Å². The van der Waals surface area contributed by atoms with Gasteiger partial charge in [0.2, 0.25) is 5.78 Å². The van der Waals surface area contributed by atoms with Gasteiger partial charge in [-0.05, 0) is 17.5 Å². The Hall–Kier alpha value is -2.95. The van der Waals surface area contributed by atoms with E-state index in [0.717, 1.165) is 36.5 Å². The van der Waals surface area contributed by atoms with Crippen LogP contribution in [0.2, 0.25) is 0 Å². The smallest absolute Gasteiger partial charge is 0.217 e. The van der Waals surface area contributed by atoms with Crippen LogP contribution in [-0.2, 0) is 6.54 Å². The molecule has 0 fully saturated rings. The van der Waals surface area contributed by atoms with Gasteiger partial charge < -0.3 is 4.90 Å². The van der Waals surface area contributed by atoms with E-state index >= 15 is 0 Å². The standard InChI is InChI=1S/C19H18N4O/c1-22-12-5-13-23-19(22)17(20-21-23)18(24)16-10-8-15(9-11-16)14-6-3-2-4-7-14/h2-4,6-11H,5,12-13H2,1H3. The van der Waals surface area contributed by atoms with Crippen LogP contribution in [0.4, 0.5) is 5.82 Å². The first kappa shape index (κ1) is 14.6. The van der Waals surface area contributed by atoms with Gasteiger partial charge in [0.25, 0.3) is 0 Å². The summed E-state index contributed by atoms with van der Waals surface area (Å²) in [6, 6.07) is 17.8. The first-order valence-electron chi connectivity index (χ1n) is 8.09. The summed E-state index contributed by atoms with van der Waals surface area (Å²) in [5.74, 6) is 0.739. The Morgan fingerprint density at radius 1 is 0.958 bits per heavy atom. The molecule has 5 heteroatoms. The normalized spacial score (nSPS) is 13.6. The third kappa shape index (κ3) is 2.48. The van der Waals surface area contributed by atoms with Crippen molar-refractivity contribution in [1.29, 1.82) is 0 Å². The number of carbonyl (C=O) groups is 1. The average Bonchev–Trinajstić information content (AvgIpc) is 3.07. The number of benzene rings is 2. The van der Waals surface area contributed by atoms with E-state index in [4.69, 9.17) is 0 Å². The van der Waals surface area contributed by atoms with Crippen molar-refractivity contribution >= 4 is 11.6 Å². The van der Waals surface area contributed by atoms with Crippen LogP contribution in [0.15, 0.2) is 54.6 Å². The highest BCUT2D eigenvalue weighted by molar-refractivity contribution is 6.10. The van der Waals surface area contributed by atoms with Crippen LogP contribution in [0.5, 0.6) is 0 Å². The minimum atomic E-state index is -0.0791. The van der Waals surface area contributed by atoms with Crippen molar-refractivity contribution in [3.05, 3.63) is 65.9 Å². The molecule has 5 nitrogen and oxygen atoms in total. The van der Waals surface area contributed by atoms with Crippen LogP contribution in [0.3, 0.4) is 0 Å². The van der Waals surface area contributed by atoms with Crippen LogP contribution in [0, 0.1) is 0 Å². The molecule has 0 N–H and O–H groups in total. The quantitative estimate of drug-likeness (QED) is 0.697. The number of fused-ring (bicyclic) bond motifs is 1. The van der Waals surface area contributed by atoms with Crippen LogP contribution in [0.1, 0.15) is 22.5 Å². The zero-order chi connectivity index (χ0) is 16.5. The zero-order valence-corrected chi connectivity index (χ0v) is 13.5. The molecule has 1 aliphatic rings. The summed E-state index contributed by atoms with van der Waals surface area (Å²) in [6.07, 6.45) is 1.02. The second-order valence-corrected chi connectivity index (χ2v) is 6.03. The first-order chi connectivity index (χ1) is 11.7. The predicted octanol–water partition coefficient (Wildman–Crippen LogP) is 3.02. The molecule has 0 saturated heterocycles. The van der Waals surface area contributed by atoms with Crippen molar-refractivity contribution in [2.45, 2.75) is 13.0 Å². The van der Waals surface area contributed by atoms with E-state index in [1.54, 1.807) is 0 Å². The molecule has 24 heavy (non-hydrogen) atoms. The number of rotatable bonds is 3. The number of hydrogen-bond donors (Lipinski definition) is 0. The number of aromatic nitrogens is 3. The summed E-state index contributed by atoms with van der Waals surface area (Å²) in [5, 5.41) is 8.25. The van der Waals surface area contributed by atoms with Gasteiger partial charge in [0.15, 0.2) is 11.5 Å². The second-order valence-electron chi connectivity index (χ2n) is 6.03. The van der Waals surface area contributed by atoms with E-state index < -0.39 is 0 Å². The molecular weight excluding hydrogens is 300 g/mol. The van der Waals surface area contributed by atoms with Crippen molar-refractivity contribution in [3.63, 3.8) is 0 Å². The maximum atomic E-state index is 12.8. The molecule has 0 amide bonds. The SMILES string of the molecule is CN1CCCn2nnc(C(=O)c3ccc(-c4ccccc4)cc3)c21. The number of hydrogen-bond acceptors (Lipinski definition) is 4. The monoisotopic (exact) mass is 318 g/mol. The van der Waals surface area contributed by atoms with Gasteiger partial charge in [-0.15, -0.1) is 5.10 Å². The minimum Gasteiger partial charge on any atom is -0.358 e. The van der Waals surface area contributed by atoms with E-state index in [2.05, 4.69) is 27.3 Å². The second kappa shape index (κ2) is 5.92. The highest BCUT2D eigenvalue weighted by Gasteiger charge is 2.25. The van der Waals surface area contributed by atoms with Crippen molar-refractivity contribution in [3.8, 4) is 11.1 Å². The summed E-state index contributed by atoms with van der Waals surface area (Å²) in [6.45, 7) is 1.73. The van der Waals surface area contributed by atoms with Crippen LogP contribution in [-0.4, -0.2) is 34.4 Å². The van der Waals surface area contributed by atoms with Gasteiger partial charge in [0.05, 0.1) is 0 Å². The molecule has 3 aromatic rings. The summed E-state index contributed by atoms with van der Waals surface area (Å²) >= 11 is 0. The Morgan fingerprint density at radius 2 is 1.67 bits per heavy atom. The molecule has 0 saturated carbocycles. The van der Waals surface area contributed by atoms with Crippen molar-refractivity contribution < 1.29 is 4.79 Å². The Kier molecular flexibility index (Phi) is 3.61. The number of nitrogens with zero attached hydrogens (tertiary/aromatic N) is 4. The fraction of sp³-hybridized carbons (Fsp3) is 0.211. The van der Waals surface area contributed by atoms with Crippen molar-refractivity contribution in [2.24, 2.45) is 0 Å². The predicted molar refractivity (Wildman–Crippen MR) is 93.2 cm³/mol. The molecule has 0 radical (unpaired) electrons. The Morgan fingerprint density at radius 3 is 2.42 bits per heavy atom. The molecule has 0 atom stereocenters. The Balaban J connectivity index is 1.65. The zero-order valence-electron chi connectivity index (χ0n) is 13.5. The largest absolute Gasteiger partial charge is 0.358 e. The van der Waals surface area contributed by atoms with Crippen LogP contribution >= 0.6 is 0 Å². The maximum absolute atomic E-state index is 12.8. The lowest BCUT2D eigenvalue weighted by Gasteiger charge is -2.25. The summed E-state index contributed by atoms with van der Waals surface area (Å²) in [7, 11) is 1.98. The van der Waals surface area contributed by atoms with E-state index in [-0.39, 0.29) is 5.78 Å². The number of carbonyl (C=O) groups excluding carboxylic acids is 1. The fourth-order valence-corrected chi connectivity index (χ4v) is 3.13. The molecule has 0 spiro atoms. The third-order valence-corrected chi connectivity index (χ3v) is 4.40. The maximum Gasteiger partial charge on any atom is 0.217 e. The number of anilines is 1. The molecule has 120 valence electrons. The van der Waals surface area contributed by atoms with Crippen molar-refractivity contribution in [2.75, 3.05) is 18.5 Å². The molecular formula is C19H18N4O. The van der Waals surface area contributed by atoms with Crippen LogP contribution in [0.25, 0.3) is 11.1 Å². The lowest BCUT2D eigenvalue weighted by molar-refractivity contribution is 0.103. The Labute approximate surface area is 140 Å². The molecule has 1 aliphatic heterocycles. The molecule has 2 aromatic carbocycles. The Bertz CT molecular complexity index is 868. The van der Waals surface area contributed by atoms with Gasteiger partial charge in [-0.25, -0.2) is 4.68 Å². The third-order valence-electron chi connectivity index (χ3n) is 4.40. The highest BCUT2D eigenvalue weighted by Crippen LogP contribution is 2.25. The molecule has 0 unspecified atom stereocenters. The van der Waals surface area contributed by atoms with Gasteiger partial charge in [0, 0.05) is 25.7 Å². The molecule has 2 heterocycles. The lowest BCUT2D eigenvalue weighted by atomic mass is 10.0. The summed E-state index contributed by atoms with van der Waals surface area (Å²) < 4.78 is 1.81. The van der Waals surface area contributed by atoms with Gasteiger partial charge >= 0.3 is 0 Å². The highest BCUT2D eigenvalue weighted by atomic mass is 16.1. The van der Waals surface area contributed by atoms with Gasteiger partial charge in [-0.3, -0.25) is 4.79 Å². The van der Waals surface area contributed by atoms with E-state index in [1.165, 1.54) is 0 Å². The lowest BCUT2D eigenvalue weighted by Crippen LogP contribution is -2.29.